The topological polar surface area (TPSA) is 135 Å². The monoisotopic (exact) mass is 455 g/mol. The number of hydrogen-bond donors (Lipinski definition) is 3. The number of nitrogens with one attached hydrogen (secondary N) is 3. The zero-order valence-electron chi connectivity index (χ0n) is 17.4. The van der Waals surface area contributed by atoms with Crippen molar-refractivity contribution < 1.29 is 23.9 Å². The van der Waals surface area contributed by atoms with Gasteiger partial charge in [0.2, 0.25) is 11.1 Å². The molecule has 166 valence electrons. The third-order valence-corrected chi connectivity index (χ3v) is 5.07. The van der Waals surface area contributed by atoms with Crippen LogP contribution in [0.4, 0.5) is 5.69 Å². The van der Waals surface area contributed by atoms with Gasteiger partial charge in [0.05, 0.1) is 37.8 Å². The maximum absolute atomic E-state index is 12.3. The molecule has 0 aliphatic heterocycles. The summed E-state index contributed by atoms with van der Waals surface area (Å²) in [6.07, 6.45) is 0. The number of amides is 2. The van der Waals surface area contributed by atoms with E-state index in [1.54, 1.807) is 55.6 Å². The maximum atomic E-state index is 12.3. The highest BCUT2D eigenvalue weighted by Crippen LogP contribution is 2.18. The molecule has 0 fully saturated rings. The average Bonchev–Trinajstić information content (AvgIpc) is 3.29. The molecule has 32 heavy (non-hydrogen) atoms. The summed E-state index contributed by atoms with van der Waals surface area (Å²) in [4.78, 5) is 40.5. The lowest BCUT2D eigenvalue weighted by Gasteiger charge is -2.08. The Balaban J connectivity index is 1.48. The molecule has 3 aromatic rings. The van der Waals surface area contributed by atoms with E-state index in [1.165, 1.54) is 7.11 Å². The second-order valence-corrected chi connectivity index (χ2v) is 7.29. The van der Waals surface area contributed by atoms with Crippen molar-refractivity contribution in [1.29, 1.82) is 0 Å². The van der Waals surface area contributed by atoms with Gasteiger partial charge in [0, 0.05) is 5.56 Å². The minimum absolute atomic E-state index is 0.0327. The molecular weight excluding hydrogens is 434 g/mol. The molecule has 0 atom stereocenters. The summed E-state index contributed by atoms with van der Waals surface area (Å²) in [7, 11) is 2.83. The predicted octanol–water partition coefficient (Wildman–Crippen LogP) is 2.26. The van der Waals surface area contributed by atoms with E-state index in [1.807, 2.05) is 0 Å². The molecule has 0 saturated heterocycles. The number of hydrogen-bond acceptors (Lipinski definition) is 8. The van der Waals surface area contributed by atoms with Crippen molar-refractivity contribution in [2.45, 2.75) is 11.7 Å². The molecular formula is C21H21N5O5S. The largest absolute Gasteiger partial charge is 0.497 e. The number of rotatable bonds is 9. The Labute approximate surface area is 188 Å². The average molecular weight is 455 g/mol. The van der Waals surface area contributed by atoms with Crippen LogP contribution in [0.25, 0.3) is 0 Å². The summed E-state index contributed by atoms with van der Waals surface area (Å²) in [5, 5.41) is 12.5. The number of ether oxygens (including phenoxy) is 2. The molecule has 1 heterocycles. The highest BCUT2D eigenvalue weighted by atomic mass is 32.2. The quantitative estimate of drug-likeness (QED) is 0.330. The van der Waals surface area contributed by atoms with Crippen LogP contribution in [0.5, 0.6) is 5.75 Å². The normalized spacial score (nSPS) is 10.3. The summed E-state index contributed by atoms with van der Waals surface area (Å²) in [6.45, 7) is 0.150. The number of carbonyl (C=O) groups is 3. The first-order valence-electron chi connectivity index (χ1n) is 9.43. The molecule has 0 unspecified atom stereocenters. The Hall–Kier alpha value is -3.86. The van der Waals surface area contributed by atoms with Crippen LogP contribution in [0.3, 0.4) is 0 Å². The SMILES string of the molecule is COC(=O)c1ccccc1NC(=O)CSc1n[nH]c(CNC(=O)c2ccc(OC)cc2)n1. The van der Waals surface area contributed by atoms with Crippen LogP contribution in [0.15, 0.2) is 53.7 Å². The molecule has 10 nitrogen and oxygen atoms in total. The van der Waals surface area contributed by atoms with Crippen molar-refractivity contribution in [2.24, 2.45) is 0 Å². The van der Waals surface area contributed by atoms with Gasteiger partial charge in [0.1, 0.15) is 11.6 Å². The molecule has 0 bridgehead atoms. The number of aromatic amines is 1. The summed E-state index contributed by atoms with van der Waals surface area (Å²) in [5.41, 5.74) is 1.12. The van der Waals surface area contributed by atoms with Gasteiger partial charge in [-0.25, -0.2) is 9.78 Å². The fourth-order valence-electron chi connectivity index (χ4n) is 2.63. The summed E-state index contributed by atoms with van der Waals surface area (Å²) >= 11 is 1.12. The molecule has 2 aromatic carbocycles. The van der Waals surface area contributed by atoms with Crippen molar-refractivity contribution in [2.75, 3.05) is 25.3 Å². The number of para-hydroxylation sites is 1. The highest BCUT2D eigenvalue weighted by Gasteiger charge is 2.14. The number of aromatic nitrogens is 3. The standard InChI is InChI=1S/C21H21N5O5S/c1-30-14-9-7-13(8-10-14)19(28)22-11-17-24-21(26-25-17)32-12-18(27)23-16-6-4-3-5-15(16)20(29)31-2/h3-10H,11-12H2,1-2H3,(H,22,28)(H,23,27)(H,24,25,26). The zero-order chi connectivity index (χ0) is 22.9. The van der Waals surface area contributed by atoms with E-state index >= 15 is 0 Å². The summed E-state index contributed by atoms with van der Waals surface area (Å²) in [6, 6.07) is 13.3. The van der Waals surface area contributed by atoms with Gasteiger partial charge in [-0.2, -0.15) is 0 Å². The number of H-pyrrole nitrogens is 1. The Bertz CT molecular complexity index is 1100. The van der Waals surface area contributed by atoms with Crippen molar-refractivity contribution >= 4 is 35.2 Å². The van der Waals surface area contributed by atoms with Gasteiger partial charge in [-0.05, 0) is 36.4 Å². The molecule has 3 rings (SSSR count). The van der Waals surface area contributed by atoms with Crippen molar-refractivity contribution in [1.82, 2.24) is 20.5 Å². The molecule has 0 spiro atoms. The number of nitrogens with zero attached hydrogens (tertiary/aromatic N) is 2. The van der Waals surface area contributed by atoms with E-state index in [2.05, 4.69) is 25.8 Å². The third-order valence-electron chi connectivity index (χ3n) is 4.22. The number of carbonyl (C=O) groups excluding carboxylic acids is 3. The lowest BCUT2D eigenvalue weighted by atomic mass is 10.2. The highest BCUT2D eigenvalue weighted by molar-refractivity contribution is 7.99. The molecule has 0 saturated carbocycles. The van der Waals surface area contributed by atoms with Crippen LogP contribution in [0.1, 0.15) is 26.5 Å². The van der Waals surface area contributed by atoms with Crippen LogP contribution in [-0.4, -0.2) is 52.9 Å². The van der Waals surface area contributed by atoms with Crippen molar-refractivity contribution in [3.8, 4) is 5.75 Å². The van der Waals surface area contributed by atoms with Gasteiger partial charge in [-0.15, -0.1) is 5.10 Å². The van der Waals surface area contributed by atoms with Gasteiger partial charge in [0.25, 0.3) is 5.91 Å². The number of anilines is 1. The smallest absolute Gasteiger partial charge is 0.339 e. The molecule has 1 aromatic heterocycles. The minimum Gasteiger partial charge on any atom is -0.497 e. The molecule has 0 radical (unpaired) electrons. The van der Waals surface area contributed by atoms with Gasteiger partial charge >= 0.3 is 5.97 Å². The second-order valence-electron chi connectivity index (χ2n) is 6.35. The Morgan fingerprint density at radius 3 is 2.53 bits per heavy atom. The second kappa shape index (κ2) is 11.0. The first-order chi connectivity index (χ1) is 15.5. The van der Waals surface area contributed by atoms with Gasteiger partial charge < -0.3 is 20.1 Å². The van der Waals surface area contributed by atoms with Crippen molar-refractivity contribution in [3.05, 3.63) is 65.5 Å². The minimum atomic E-state index is -0.538. The molecule has 0 aliphatic carbocycles. The summed E-state index contributed by atoms with van der Waals surface area (Å²) in [5.74, 6) is 0.0173. The summed E-state index contributed by atoms with van der Waals surface area (Å²) < 4.78 is 9.78. The van der Waals surface area contributed by atoms with Crippen LogP contribution >= 0.6 is 11.8 Å². The Kier molecular flexibility index (Phi) is 7.81. The van der Waals surface area contributed by atoms with E-state index in [4.69, 9.17) is 9.47 Å². The molecule has 3 N–H and O–H groups in total. The van der Waals surface area contributed by atoms with Crippen LogP contribution in [0.2, 0.25) is 0 Å². The lowest BCUT2D eigenvalue weighted by Crippen LogP contribution is -2.23. The van der Waals surface area contributed by atoms with E-state index in [0.29, 0.717) is 28.0 Å². The first-order valence-corrected chi connectivity index (χ1v) is 10.4. The van der Waals surface area contributed by atoms with Crippen LogP contribution in [-0.2, 0) is 16.1 Å². The van der Waals surface area contributed by atoms with Crippen LogP contribution < -0.4 is 15.4 Å². The molecule has 11 heteroatoms. The van der Waals surface area contributed by atoms with Crippen LogP contribution in [0, 0.1) is 0 Å². The van der Waals surface area contributed by atoms with Gasteiger partial charge in [-0.1, -0.05) is 23.9 Å². The number of esters is 1. The van der Waals surface area contributed by atoms with E-state index < -0.39 is 5.97 Å². The fourth-order valence-corrected chi connectivity index (χ4v) is 3.24. The van der Waals surface area contributed by atoms with E-state index in [9.17, 15) is 14.4 Å². The third kappa shape index (κ3) is 6.08. The fraction of sp³-hybridized carbons (Fsp3) is 0.190. The first kappa shape index (κ1) is 22.8. The van der Waals surface area contributed by atoms with E-state index in [-0.39, 0.29) is 29.7 Å². The Morgan fingerprint density at radius 1 is 1.06 bits per heavy atom. The number of thioether (sulfide) groups is 1. The lowest BCUT2D eigenvalue weighted by molar-refractivity contribution is -0.113. The Morgan fingerprint density at radius 2 is 1.81 bits per heavy atom. The van der Waals surface area contributed by atoms with Crippen molar-refractivity contribution in [3.63, 3.8) is 0 Å². The molecule has 0 aliphatic rings. The number of methoxy groups -OCH3 is 2. The van der Waals surface area contributed by atoms with Gasteiger partial charge in [0.15, 0.2) is 0 Å². The number of benzene rings is 2. The molecule has 2 amide bonds. The predicted molar refractivity (Wildman–Crippen MR) is 118 cm³/mol. The van der Waals surface area contributed by atoms with Gasteiger partial charge in [-0.3, -0.25) is 14.7 Å². The zero-order valence-corrected chi connectivity index (χ0v) is 18.2. The van der Waals surface area contributed by atoms with E-state index in [0.717, 1.165) is 11.8 Å². The maximum Gasteiger partial charge on any atom is 0.339 e.